The fraction of sp³-hybridized carbons (Fsp3) is 0.194. The van der Waals surface area contributed by atoms with E-state index in [0.717, 1.165) is 0 Å². The van der Waals surface area contributed by atoms with Gasteiger partial charge < -0.3 is 0 Å². The lowest BCUT2D eigenvalue weighted by Gasteiger charge is -2.34. The van der Waals surface area contributed by atoms with Crippen LogP contribution in [-0.4, -0.2) is 8.07 Å². The molecule has 1 aromatic heterocycles. The lowest BCUT2D eigenvalue weighted by molar-refractivity contribution is -0.695. The maximum Gasteiger partial charge on any atom is 0.241 e. The van der Waals surface area contributed by atoms with Crippen LogP contribution >= 0.6 is 11.3 Å². The molecule has 0 fully saturated rings. The summed E-state index contributed by atoms with van der Waals surface area (Å²) < 4.78 is 3.92. The topological polar surface area (TPSA) is 3.88 Å². The van der Waals surface area contributed by atoms with Crippen LogP contribution < -0.4 is 25.3 Å². The third kappa shape index (κ3) is 3.73. The third-order valence-electron chi connectivity index (χ3n) is 6.74. The summed E-state index contributed by atoms with van der Waals surface area (Å²) in [5.74, 6) is 0.502. The lowest BCUT2D eigenvalue weighted by atomic mass is 10.2. The molecule has 0 spiro atoms. The molecule has 0 aliphatic rings. The van der Waals surface area contributed by atoms with Crippen LogP contribution in [0.1, 0.15) is 44.7 Å². The normalized spacial score (nSPS) is 12.1. The van der Waals surface area contributed by atoms with Crippen molar-refractivity contribution < 1.29 is 4.57 Å². The van der Waals surface area contributed by atoms with Gasteiger partial charge in [-0.3, -0.25) is 0 Å². The van der Waals surface area contributed by atoms with Crippen molar-refractivity contribution in [3.8, 4) is 0 Å². The number of fused-ring (bicyclic) bond motifs is 1. The van der Waals surface area contributed by atoms with Gasteiger partial charge in [0.25, 0.3) is 0 Å². The number of thiazole rings is 1. The van der Waals surface area contributed by atoms with Gasteiger partial charge in [0.1, 0.15) is 4.70 Å². The maximum absolute atomic E-state index is 2.53. The lowest BCUT2D eigenvalue weighted by Crippen LogP contribution is -2.74. The second-order valence-corrected chi connectivity index (χ2v) is 14.5. The van der Waals surface area contributed by atoms with E-state index in [1.54, 1.807) is 0 Å². The van der Waals surface area contributed by atoms with E-state index < -0.39 is 8.07 Å². The molecule has 5 aromatic rings. The van der Waals surface area contributed by atoms with Crippen LogP contribution in [0.25, 0.3) is 10.2 Å². The fourth-order valence-electron chi connectivity index (χ4n) is 5.30. The molecule has 4 aromatic carbocycles. The molecule has 0 aliphatic carbocycles. The summed E-state index contributed by atoms with van der Waals surface area (Å²) in [5, 5.41) is 7.15. The summed E-state index contributed by atoms with van der Waals surface area (Å²) in [4.78, 5) is 0. The first-order chi connectivity index (χ1) is 16.5. The maximum atomic E-state index is 2.53. The average Bonchev–Trinajstić information content (AvgIpc) is 3.26. The van der Waals surface area contributed by atoms with Gasteiger partial charge in [-0.15, -0.1) is 0 Å². The van der Waals surface area contributed by atoms with Crippen LogP contribution in [0.4, 0.5) is 0 Å². The SMILES string of the molecule is CC(C)c1sc2cc([Si](c3ccccc3)(c3ccccc3)c3ccccc3)ccc2[n+]1C(C)C. The van der Waals surface area contributed by atoms with Crippen LogP contribution in [0.15, 0.2) is 109 Å². The van der Waals surface area contributed by atoms with E-state index in [4.69, 9.17) is 0 Å². The Bertz CT molecular complexity index is 1290. The molecule has 34 heavy (non-hydrogen) atoms. The van der Waals surface area contributed by atoms with Crippen LogP contribution in [0.5, 0.6) is 0 Å². The average molecular weight is 479 g/mol. The summed E-state index contributed by atoms with van der Waals surface area (Å²) in [6, 6.07) is 41.3. The summed E-state index contributed by atoms with van der Waals surface area (Å²) >= 11 is 1.96. The number of rotatable bonds is 6. The highest BCUT2D eigenvalue weighted by Crippen LogP contribution is 2.27. The first kappa shape index (κ1) is 22.8. The van der Waals surface area contributed by atoms with Gasteiger partial charge >= 0.3 is 0 Å². The Hall–Kier alpha value is -3.01. The van der Waals surface area contributed by atoms with Gasteiger partial charge in [0.15, 0.2) is 14.1 Å². The van der Waals surface area contributed by atoms with E-state index in [9.17, 15) is 0 Å². The molecular weight excluding hydrogens is 447 g/mol. The van der Waals surface area contributed by atoms with E-state index in [2.05, 4.69) is 141 Å². The van der Waals surface area contributed by atoms with E-state index >= 15 is 0 Å². The highest BCUT2D eigenvalue weighted by Gasteiger charge is 2.42. The van der Waals surface area contributed by atoms with Crippen LogP contribution in [0.3, 0.4) is 0 Å². The molecule has 3 heteroatoms. The quantitative estimate of drug-likeness (QED) is 0.178. The molecule has 0 bridgehead atoms. The predicted octanol–water partition coefficient (Wildman–Crippen LogP) is 5.27. The van der Waals surface area contributed by atoms with Gasteiger partial charge in [0, 0.05) is 12.0 Å². The molecule has 1 nitrogen and oxygen atoms in total. The van der Waals surface area contributed by atoms with Crippen molar-refractivity contribution in [2.75, 3.05) is 0 Å². The molecule has 5 rings (SSSR count). The van der Waals surface area contributed by atoms with E-state index in [-0.39, 0.29) is 0 Å². The highest BCUT2D eigenvalue weighted by atomic mass is 32.1. The zero-order valence-corrected chi connectivity index (χ0v) is 22.2. The van der Waals surface area contributed by atoms with Crippen molar-refractivity contribution in [3.05, 3.63) is 114 Å². The number of hydrogen-bond acceptors (Lipinski definition) is 1. The van der Waals surface area contributed by atoms with Crippen LogP contribution in [-0.2, 0) is 0 Å². The molecule has 0 amide bonds. The zero-order chi connectivity index (χ0) is 23.7. The Morgan fingerprint density at radius 1 is 0.588 bits per heavy atom. The molecule has 0 atom stereocenters. The molecule has 0 N–H and O–H groups in total. The molecule has 0 aliphatic heterocycles. The monoisotopic (exact) mass is 478 g/mol. The molecule has 0 unspecified atom stereocenters. The molecule has 0 radical (unpaired) electrons. The Labute approximate surface area is 208 Å². The van der Waals surface area contributed by atoms with Gasteiger partial charge in [-0.05, 0) is 40.7 Å². The van der Waals surface area contributed by atoms with Crippen molar-refractivity contribution in [1.29, 1.82) is 0 Å². The van der Waals surface area contributed by atoms with Crippen LogP contribution in [0, 0.1) is 0 Å². The van der Waals surface area contributed by atoms with E-state index in [1.165, 1.54) is 36.0 Å². The first-order valence-electron chi connectivity index (χ1n) is 12.2. The fourth-order valence-corrected chi connectivity index (χ4v) is 11.5. The molecule has 0 saturated carbocycles. The minimum Gasteiger partial charge on any atom is -0.184 e. The minimum atomic E-state index is -2.48. The summed E-state index contributed by atoms with van der Waals surface area (Å²) in [7, 11) is -2.48. The van der Waals surface area contributed by atoms with E-state index in [0.29, 0.717) is 12.0 Å². The highest BCUT2D eigenvalue weighted by molar-refractivity contribution is 7.21. The van der Waals surface area contributed by atoms with Gasteiger partial charge in [0.05, 0.1) is 0 Å². The van der Waals surface area contributed by atoms with Gasteiger partial charge in [-0.25, -0.2) is 0 Å². The van der Waals surface area contributed by atoms with Crippen molar-refractivity contribution >= 4 is 50.4 Å². The zero-order valence-electron chi connectivity index (χ0n) is 20.4. The first-order valence-corrected chi connectivity index (χ1v) is 15.0. The molecular formula is C31H32NSSi+. The Morgan fingerprint density at radius 2 is 1.06 bits per heavy atom. The van der Waals surface area contributed by atoms with Crippen molar-refractivity contribution in [1.82, 2.24) is 0 Å². The number of benzene rings is 4. The van der Waals surface area contributed by atoms with Gasteiger partial charge in [-0.2, -0.15) is 4.57 Å². The van der Waals surface area contributed by atoms with Crippen molar-refractivity contribution in [2.24, 2.45) is 0 Å². The summed E-state index contributed by atoms with van der Waals surface area (Å²) in [5.41, 5.74) is 1.35. The van der Waals surface area contributed by atoms with E-state index in [1.807, 2.05) is 11.3 Å². The Morgan fingerprint density at radius 3 is 1.47 bits per heavy atom. The standard InChI is InChI=1S/C31H32NSSi/c1-23(2)31-32(24(3)4)29-21-20-28(22-30(29)33-31)34(25-14-8-5-9-15-25,26-16-10-6-11-17-26)27-18-12-7-13-19-27/h5-24H,1-4H3/q+1. The Kier molecular flexibility index (Phi) is 6.24. The Balaban J connectivity index is 1.88. The predicted molar refractivity (Wildman–Crippen MR) is 150 cm³/mol. The number of nitrogens with zero attached hydrogens (tertiary/aromatic N) is 1. The summed E-state index contributed by atoms with van der Waals surface area (Å²) in [6.07, 6.45) is 0. The van der Waals surface area contributed by atoms with Crippen LogP contribution in [0.2, 0.25) is 0 Å². The smallest absolute Gasteiger partial charge is 0.184 e. The molecule has 0 saturated heterocycles. The van der Waals surface area contributed by atoms with Crippen molar-refractivity contribution in [3.63, 3.8) is 0 Å². The summed E-state index contributed by atoms with van der Waals surface area (Å²) in [6.45, 7) is 9.20. The van der Waals surface area contributed by atoms with Crippen molar-refractivity contribution in [2.45, 2.75) is 39.7 Å². The number of aromatic nitrogens is 1. The minimum absolute atomic E-state index is 0.441. The second-order valence-electron chi connectivity index (χ2n) is 9.59. The largest absolute Gasteiger partial charge is 0.241 e. The molecule has 1 heterocycles. The van der Waals surface area contributed by atoms with Gasteiger partial charge in [-0.1, -0.05) is 122 Å². The number of hydrogen-bond donors (Lipinski definition) is 0. The van der Waals surface area contributed by atoms with Gasteiger partial charge in [0.2, 0.25) is 10.5 Å². The second kappa shape index (κ2) is 9.32. The third-order valence-corrected chi connectivity index (χ3v) is 12.9. The molecule has 170 valence electrons.